The van der Waals surface area contributed by atoms with Crippen molar-refractivity contribution in [2.45, 2.75) is 50.3 Å². The number of hydrogen-bond acceptors (Lipinski definition) is 4. The fourth-order valence-electron chi connectivity index (χ4n) is 3.10. The van der Waals surface area contributed by atoms with Crippen molar-refractivity contribution in [3.8, 4) is 6.07 Å². The highest BCUT2D eigenvalue weighted by atomic mass is 32.2. The minimum atomic E-state index is -0.337. The molecular weight excluding hydrogens is 342 g/mol. The predicted octanol–water partition coefficient (Wildman–Crippen LogP) is 4.51. The number of carbonyl (C=O) groups is 1. The number of aromatic nitrogens is 1. The molecule has 0 radical (unpaired) electrons. The standard InChI is InChI=1S/C21H23N3OS/c1-13-4-7-18(8-5-13)23-20(25)15(3)26-21-17(12-22)11-16-10-14(2)6-9-19(16)24-21/h4-5,7-8,11,14-15H,6,9-10H2,1-3H3,(H,23,25). The Morgan fingerprint density at radius 3 is 2.81 bits per heavy atom. The molecule has 0 spiro atoms. The molecule has 134 valence electrons. The average molecular weight is 366 g/mol. The molecule has 5 heteroatoms. The molecule has 1 aliphatic carbocycles. The second kappa shape index (κ2) is 7.92. The monoisotopic (exact) mass is 365 g/mol. The van der Waals surface area contributed by atoms with Crippen LogP contribution in [-0.2, 0) is 17.6 Å². The molecule has 1 heterocycles. The number of nitriles is 1. The van der Waals surface area contributed by atoms with Gasteiger partial charge in [-0.25, -0.2) is 4.98 Å². The van der Waals surface area contributed by atoms with Gasteiger partial charge in [0.15, 0.2) is 0 Å². The molecule has 1 amide bonds. The summed E-state index contributed by atoms with van der Waals surface area (Å²) in [4.78, 5) is 17.2. The van der Waals surface area contributed by atoms with E-state index in [1.807, 2.05) is 44.2 Å². The summed E-state index contributed by atoms with van der Waals surface area (Å²) in [6.07, 6.45) is 3.05. The summed E-state index contributed by atoms with van der Waals surface area (Å²) in [5.74, 6) is 0.546. The molecule has 3 rings (SSSR count). The Hall–Kier alpha value is -2.32. The first-order valence-corrected chi connectivity index (χ1v) is 9.81. The lowest BCUT2D eigenvalue weighted by Gasteiger charge is -2.22. The van der Waals surface area contributed by atoms with E-state index in [9.17, 15) is 10.1 Å². The van der Waals surface area contributed by atoms with Gasteiger partial charge in [-0.15, -0.1) is 0 Å². The number of amides is 1. The quantitative estimate of drug-likeness (QED) is 0.810. The average Bonchev–Trinajstić information content (AvgIpc) is 2.63. The number of hydrogen-bond donors (Lipinski definition) is 1. The molecule has 1 N–H and O–H groups in total. The second-order valence-corrected chi connectivity index (χ2v) is 8.35. The third kappa shape index (κ3) is 4.25. The zero-order valence-corrected chi connectivity index (χ0v) is 16.2. The van der Waals surface area contributed by atoms with E-state index in [-0.39, 0.29) is 11.2 Å². The van der Waals surface area contributed by atoms with Crippen molar-refractivity contribution >= 4 is 23.4 Å². The van der Waals surface area contributed by atoms with Crippen molar-refractivity contribution < 1.29 is 4.79 Å². The number of carbonyl (C=O) groups excluding carboxylic acids is 1. The van der Waals surface area contributed by atoms with Gasteiger partial charge in [-0.2, -0.15) is 5.26 Å². The molecule has 1 aromatic carbocycles. The Bertz CT molecular complexity index is 855. The van der Waals surface area contributed by atoms with Crippen LogP contribution in [0.4, 0.5) is 5.69 Å². The second-order valence-electron chi connectivity index (χ2n) is 7.02. The SMILES string of the molecule is Cc1ccc(NC(=O)C(C)Sc2nc3c(cc2C#N)CC(C)CC3)cc1. The molecule has 0 saturated heterocycles. The van der Waals surface area contributed by atoms with Crippen LogP contribution in [0.25, 0.3) is 0 Å². The van der Waals surface area contributed by atoms with Crippen LogP contribution >= 0.6 is 11.8 Å². The summed E-state index contributed by atoms with van der Waals surface area (Å²) in [5.41, 5.74) is 4.76. The van der Waals surface area contributed by atoms with Crippen molar-refractivity contribution in [1.82, 2.24) is 4.98 Å². The summed E-state index contributed by atoms with van der Waals surface area (Å²) in [6, 6.07) is 11.9. The van der Waals surface area contributed by atoms with Gasteiger partial charge in [0.2, 0.25) is 5.91 Å². The van der Waals surface area contributed by atoms with Crippen molar-refractivity contribution in [2.75, 3.05) is 5.32 Å². The number of nitrogens with zero attached hydrogens (tertiary/aromatic N) is 2. The predicted molar refractivity (Wildman–Crippen MR) is 105 cm³/mol. The Morgan fingerprint density at radius 2 is 2.12 bits per heavy atom. The van der Waals surface area contributed by atoms with Gasteiger partial charge in [0, 0.05) is 11.4 Å². The van der Waals surface area contributed by atoms with Crippen molar-refractivity contribution in [3.05, 3.63) is 52.7 Å². The Labute approximate surface area is 159 Å². The fourth-order valence-corrected chi connectivity index (χ4v) is 3.99. The first kappa shape index (κ1) is 18.5. The molecule has 1 aliphatic rings. The number of nitrogens with one attached hydrogen (secondary N) is 1. The molecule has 1 aromatic heterocycles. The first-order valence-electron chi connectivity index (χ1n) is 8.93. The van der Waals surface area contributed by atoms with Crippen molar-refractivity contribution in [3.63, 3.8) is 0 Å². The fraction of sp³-hybridized carbons (Fsp3) is 0.381. The van der Waals surface area contributed by atoms with E-state index >= 15 is 0 Å². The smallest absolute Gasteiger partial charge is 0.237 e. The lowest BCUT2D eigenvalue weighted by atomic mass is 9.87. The van der Waals surface area contributed by atoms with Gasteiger partial charge in [-0.3, -0.25) is 4.79 Å². The van der Waals surface area contributed by atoms with Gasteiger partial charge < -0.3 is 5.32 Å². The number of anilines is 1. The molecular formula is C21H23N3OS. The van der Waals surface area contributed by atoms with Crippen LogP contribution in [-0.4, -0.2) is 16.1 Å². The molecule has 0 fully saturated rings. The first-order chi connectivity index (χ1) is 12.5. The Kier molecular flexibility index (Phi) is 5.63. The molecule has 26 heavy (non-hydrogen) atoms. The number of thioether (sulfide) groups is 1. The number of pyridine rings is 1. The van der Waals surface area contributed by atoms with E-state index < -0.39 is 0 Å². The van der Waals surface area contributed by atoms with Gasteiger partial charge >= 0.3 is 0 Å². The van der Waals surface area contributed by atoms with E-state index in [0.717, 1.165) is 36.2 Å². The minimum absolute atomic E-state index is 0.0871. The Morgan fingerprint density at radius 1 is 1.38 bits per heavy atom. The maximum absolute atomic E-state index is 12.5. The van der Waals surface area contributed by atoms with Gasteiger partial charge in [-0.05, 0) is 62.8 Å². The number of benzene rings is 1. The number of aryl methyl sites for hydroxylation is 2. The highest BCUT2D eigenvalue weighted by Gasteiger charge is 2.22. The molecule has 0 bridgehead atoms. The highest BCUT2D eigenvalue weighted by Crippen LogP contribution is 2.31. The van der Waals surface area contributed by atoms with E-state index in [4.69, 9.17) is 4.98 Å². The highest BCUT2D eigenvalue weighted by molar-refractivity contribution is 8.00. The summed E-state index contributed by atoms with van der Waals surface area (Å²) >= 11 is 1.35. The van der Waals surface area contributed by atoms with Gasteiger partial charge in [0.25, 0.3) is 0 Å². The normalized spacial score (nSPS) is 17.1. The molecule has 0 saturated carbocycles. The largest absolute Gasteiger partial charge is 0.325 e. The number of rotatable bonds is 4. The maximum atomic E-state index is 12.5. The van der Waals surface area contributed by atoms with E-state index in [1.165, 1.54) is 17.3 Å². The summed E-state index contributed by atoms with van der Waals surface area (Å²) in [6.45, 7) is 6.09. The van der Waals surface area contributed by atoms with Crippen molar-refractivity contribution in [1.29, 1.82) is 5.26 Å². The van der Waals surface area contributed by atoms with Crippen LogP contribution in [0.3, 0.4) is 0 Å². The number of fused-ring (bicyclic) bond motifs is 1. The van der Waals surface area contributed by atoms with Crippen LogP contribution < -0.4 is 5.32 Å². The molecule has 2 atom stereocenters. The zero-order valence-electron chi connectivity index (χ0n) is 15.4. The van der Waals surface area contributed by atoms with Gasteiger partial charge in [-0.1, -0.05) is 36.4 Å². The van der Waals surface area contributed by atoms with Crippen LogP contribution in [0, 0.1) is 24.2 Å². The summed E-state index contributed by atoms with van der Waals surface area (Å²) in [5, 5.41) is 12.7. The van der Waals surface area contributed by atoms with E-state index in [2.05, 4.69) is 18.3 Å². The Balaban J connectivity index is 1.74. The molecule has 4 nitrogen and oxygen atoms in total. The van der Waals surface area contributed by atoms with Crippen LogP contribution in [0.2, 0.25) is 0 Å². The van der Waals surface area contributed by atoms with Crippen LogP contribution in [0.5, 0.6) is 0 Å². The van der Waals surface area contributed by atoms with E-state index in [0.29, 0.717) is 16.5 Å². The molecule has 2 aromatic rings. The zero-order chi connectivity index (χ0) is 18.7. The third-order valence-electron chi connectivity index (χ3n) is 4.70. The molecule has 2 unspecified atom stereocenters. The molecule has 0 aliphatic heterocycles. The minimum Gasteiger partial charge on any atom is -0.325 e. The van der Waals surface area contributed by atoms with E-state index in [1.54, 1.807) is 0 Å². The van der Waals surface area contributed by atoms with Crippen LogP contribution in [0.1, 0.15) is 42.7 Å². The van der Waals surface area contributed by atoms with Gasteiger partial charge in [0.1, 0.15) is 11.1 Å². The summed E-state index contributed by atoms with van der Waals surface area (Å²) < 4.78 is 0. The third-order valence-corrected chi connectivity index (χ3v) is 5.80. The lowest BCUT2D eigenvalue weighted by molar-refractivity contribution is -0.115. The summed E-state index contributed by atoms with van der Waals surface area (Å²) in [7, 11) is 0. The topological polar surface area (TPSA) is 65.8 Å². The van der Waals surface area contributed by atoms with Crippen LogP contribution in [0.15, 0.2) is 35.4 Å². The maximum Gasteiger partial charge on any atom is 0.237 e. The van der Waals surface area contributed by atoms with Gasteiger partial charge in [0.05, 0.1) is 10.8 Å². The lowest BCUT2D eigenvalue weighted by Crippen LogP contribution is -2.23. The van der Waals surface area contributed by atoms with Crippen molar-refractivity contribution in [2.24, 2.45) is 5.92 Å².